The molecule has 1 aromatic rings. The first kappa shape index (κ1) is 17.9. The molecule has 2 saturated heterocycles. The van der Waals surface area contributed by atoms with Crippen LogP contribution in [0.1, 0.15) is 36.0 Å². The molecule has 2 aliphatic rings. The van der Waals surface area contributed by atoms with Gasteiger partial charge in [0.1, 0.15) is 0 Å². The zero-order valence-corrected chi connectivity index (χ0v) is 15.4. The van der Waals surface area contributed by atoms with E-state index in [2.05, 4.69) is 4.90 Å². The van der Waals surface area contributed by atoms with E-state index >= 15 is 0 Å². The predicted molar refractivity (Wildman–Crippen MR) is 95.8 cm³/mol. The van der Waals surface area contributed by atoms with Crippen LogP contribution in [0.2, 0.25) is 0 Å². The zero-order valence-electron chi connectivity index (χ0n) is 15.4. The van der Waals surface area contributed by atoms with Gasteiger partial charge in [0.15, 0.2) is 11.5 Å². The number of rotatable bonds is 5. The van der Waals surface area contributed by atoms with Gasteiger partial charge in [-0.2, -0.15) is 0 Å². The SMILES string of the molecule is COc1cc(C(=O)N2CCC(N3CCCC3)CC2)cc(OC)c1OC. The molecule has 25 heavy (non-hydrogen) atoms. The van der Waals surface area contributed by atoms with Crippen LogP contribution < -0.4 is 14.2 Å². The average molecular weight is 348 g/mol. The van der Waals surface area contributed by atoms with Gasteiger partial charge in [0.05, 0.1) is 21.3 Å². The van der Waals surface area contributed by atoms with Crippen molar-refractivity contribution in [3.05, 3.63) is 17.7 Å². The van der Waals surface area contributed by atoms with E-state index in [1.54, 1.807) is 33.5 Å². The molecular formula is C19H28N2O4. The molecule has 1 aromatic carbocycles. The molecule has 6 nitrogen and oxygen atoms in total. The minimum Gasteiger partial charge on any atom is -0.493 e. The molecule has 0 saturated carbocycles. The van der Waals surface area contributed by atoms with Gasteiger partial charge in [-0.25, -0.2) is 0 Å². The maximum atomic E-state index is 12.9. The number of hydrogen-bond acceptors (Lipinski definition) is 5. The highest BCUT2D eigenvalue weighted by atomic mass is 16.5. The van der Waals surface area contributed by atoms with Crippen LogP contribution >= 0.6 is 0 Å². The van der Waals surface area contributed by atoms with Gasteiger partial charge in [-0.15, -0.1) is 0 Å². The van der Waals surface area contributed by atoms with E-state index in [1.165, 1.54) is 25.9 Å². The van der Waals surface area contributed by atoms with Crippen LogP contribution in [-0.4, -0.2) is 69.3 Å². The van der Waals surface area contributed by atoms with E-state index in [1.807, 2.05) is 4.90 Å². The standard InChI is InChI=1S/C19H28N2O4/c1-23-16-12-14(13-17(24-2)18(16)25-3)19(22)21-10-6-15(7-11-21)20-8-4-5-9-20/h12-13,15H,4-11H2,1-3H3. The van der Waals surface area contributed by atoms with Crippen molar-refractivity contribution in [1.29, 1.82) is 0 Å². The van der Waals surface area contributed by atoms with Gasteiger partial charge in [0, 0.05) is 24.7 Å². The van der Waals surface area contributed by atoms with E-state index in [0.717, 1.165) is 25.9 Å². The van der Waals surface area contributed by atoms with Crippen molar-refractivity contribution in [3.8, 4) is 17.2 Å². The molecule has 0 aromatic heterocycles. The molecule has 0 aliphatic carbocycles. The van der Waals surface area contributed by atoms with Crippen LogP contribution in [0.3, 0.4) is 0 Å². The molecule has 0 N–H and O–H groups in total. The van der Waals surface area contributed by atoms with Crippen LogP contribution in [0.5, 0.6) is 17.2 Å². The predicted octanol–water partition coefficient (Wildman–Crippen LogP) is 2.41. The fourth-order valence-corrected chi connectivity index (χ4v) is 3.93. The van der Waals surface area contributed by atoms with Crippen molar-refractivity contribution < 1.29 is 19.0 Å². The number of hydrogen-bond donors (Lipinski definition) is 0. The second-order valence-electron chi connectivity index (χ2n) is 6.68. The summed E-state index contributed by atoms with van der Waals surface area (Å²) in [5.41, 5.74) is 0.578. The second-order valence-corrected chi connectivity index (χ2v) is 6.68. The summed E-state index contributed by atoms with van der Waals surface area (Å²) in [5.74, 6) is 1.56. The fourth-order valence-electron chi connectivity index (χ4n) is 3.93. The van der Waals surface area contributed by atoms with Gasteiger partial charge in [0.25, 0.3) is 5.91 Å². The highest BCUT2D eigenvalue weighted by molar-refractivity contribution is 5.95. The molecule has 0 unspecified atom stereocenters. The Bertz CT molecular complexity index is 580. The molecule has 2 heterocycles. The average Bonchev–Trinajstić information content (AvgIpc) is 3.21. The van der Waals surface area contributed by atoms with Crippen LogP contribution in [0.15, 0.2) is 12.1 Å². The number of carbonyl (C=O) groups excluding carboxylic acids is 1. The van der Waals surface area contributed by atoms with Gasteiger partial charge >= 0.3 is 0 Å². The monoisotopic (exact) mass is 348 g/mol. The number of benzene rings is 1. The minimum atomic E-state index is 0.0270. The molecule has 0 atom stereocenters. The first-order valence-corrected chi connectivity index (χ1v) is 9.01. The lowest BCUT2D eigenvalue weighted by atomic mass is 10.0. The molecule has 0 radical (unpaired) electrons. The Morgan fingerprint density at radius 3 is 1.96 bits per heavy atom. The van der Waals surface area contributed by atoms with Gasteiger partial charge < -0.3 is 24.0 Å². The Hall–Kier alpha value is -1.95. The Balaban J connectivity index is 1.71. The van der Waals surface area contributed by atoms with Crippen molar-refractivity contribution in [1.82, 2.24) is 9.80 Å². The first-order valence-electron chi connectivity index (χ1n) is 9.01. The summed E-state index contributed by atoms with van der Waals surface area (Å²) in [6.45, 7) is 4.03. The topological polar surface area (TPSA) is 51.2 Å². The smallest absolute Gasteiger partial charge is 0.254 e. The van der Waals surface area contributed by atoms with Crippen LogP contribution in [0.25, 0.3) is 0 Å². The number of piperidine rings is 1. The highest BCUT2D eigenvalue weighted by Gasteiger charge is 2.29. The van der Waals surface area contributed by atoms with Gasteiger partial charge in [-0.1, -0.05) is 0 Å². The van der Waals surface area contributed by atoms with E-state index in [4.69, 9.17) is 14.2 Å². The van der Waals surface area contributed by atoms with Crippen molar-refractivity contribution in [2.75, 3.05) is 47.5 Å². The number of likely N-dealkylation sites (tertiary alicyclic amines) is 2. The Kier molecular flexibility index (Phi) is 5.68. The lowest BCUT2D eigenvalue weighted by molar-refractivity contribution is 0.0643. The van der Waals surface area contributed by atoms with Crippen molar-refractivity contribution in [3.63, 3.8) is 0 Å². The third kappa shape index (κ3) is 3.68. The van der Waals surface area contributed by atoms with Gasteiger partial charge in [-0.3, -0.25) is 4.79 Å². The summed E-state index contributed by atoms with van der Waals surface area (Å²) in [6, 6.07) is 4.10. The molecule has 2 aliphatic heterocycles. The van der Waals surface area contributed by atoms with Crippen LogP contribution in [-0.2, 0) is 0 Å². The summed E-state index contributed by atoms with van der Waals surface area (Å²) in [4.78, 5) is 17.4. The Morgan fingerprint density at radius 2 is 1.48 bits per heavy atom. The number of amides is 1. The fraction of sp³-hybridized carbons (Fsp3) is 0.632. The van der Waals surface area contributed by atoms with Crippen molar-refractivity contribution >= 4 is 5.91 Å². The lowest BCUT2D eigenvalue weighted by Gasteiger charge is -2.36. The van der Waals surface area contributed by atoms with Crippen LogP contribution in [0.4, 0.5) is 0 Å². The van der Waals surface area contributed by atoms with E-state index in [9.17, 15) is 4.79 Å². The number of ether oxygens (including phenoxy) is 3. The molecule has 3 rings (SSSR count). The third-order valence-corrected chi connectivity index (χ3v) is 5.32. The zero-order chi connectivity index (χ0) is 17.8. The van der Waals surface area contributed by atoms with Gasteiger partial charge in [-0.05, 0) is 50.9 Å². The highest BCUT2D eigenvalue weighted by Crippen LogP contribution is 2.38. The summed E-state index contributed by atoms with van der Waals surface area (Å²) >= 11 is 0. The summed E-state index contributed by atoms with van der Waals surface area (Å²) < 4.78 is 16.0. The quantitative estimate of drug-likeness (QED) is 0.818. The molecule has 0 spiro atoms. The summed E-state index contributed by atoms with van der Waals surface area (Å²) in [5, 5.41) is 0. The summed E-state index contributed by atoms with van der Waals surface area (Å²) in [7, 11) is 4.69. The van der Waals surface area contributed by atoms with E-state index in [0.29, 0.717) is 28.9 Å². The first-order chi connectivity index (χ1) is 12.2. The summed E-state index contributed by atoms with van der Waals surface area (Å²) in [6.07, 6.45) is 4.72. The minimum absolute atomic E-state index is 0.0270. The molecular weight excluding hydrogens is 320 g/mol. The lowest BCUT2D eigenvalue weighted by Crippen LogP contribution is -2.45. The molecule has 138 valence electrons. The van der Waals surface area contributed by atoms with Crippen molar-refractivity contribution in [2.45, 2.75) is 31.7 Å². The molecule has 2 fully saturated rings. The Labute approximate surface area is 149 Å². The number of nitrogens with zero attached hydrogens (tertiary/aromatic N) is 2. The largest absolute Gasteiger partial charge is 0.493 e. The molecule has 1 amide bonds. The van der Waals surface area contributed by atoms with Gasteiger partial charge in [0.2, 0.25) is 5.75 Å². The Morgan fingerprint density at radius 1 is 0.920 bits per heavy atom. The van der Waals surface area contributed by atoms with E-state index < -0.39 is 0 Å². The van der Waals surface area contributed by atoms with Crippen LogP contribution in [0, 0.1) is 0 Å². The number of carbonyl (C=O) groups is 1. The maximum Gasteiger partial charge on any atom is 0.254 e. The van der Waals surface area contributed by atoms with E-state index in [-0.39, 0.29) is 5.91 Å². The molecule has 6 heteroatoms. The normalized spacial score (nSPS) is 19.1. The third-order valence-electron chi connectivity index (χ3n) is 5.32. The molecule has 0 bridgehead atoms. The number of methoxy groups -OCH3 is 3. The second kappa shape index (κ2) is 7.95. The van der Waals surface area contributed by atoms with Crippen molar-refractivity contribution in [2.24, 2.45) is 0 Å². The maximum absolute atomic E-state index is 12.9.